The largest absolute Gasteiger partial charge is 0.382 e. The summed E-state index contributed by atoms with van der Waals surface area (Å²) >= 11 is 6.05. The average Bonchev–Trinajstić information content (AvgIpc) is 2.59. The van der Waals surface area contributed by atoms with Gasteiger partial charge < -0.3 is 9.47 Å². The van der Waals surface area contributed by atoms with Crippen molar-refractivity contribution < 1.29 is 9.47 Å². The van der Waals surface area contributed by atoms with E-state index in [1.807, 2.05) is 4.57 Å². The molecule has 0 radical (unpaired) electrons. The van der Waals surface area contributed by atoms with Gasteiger partial charge in [-0.25, -0.2) is 0 Å². The summed E-state index contributed by atoms with van der Waals surface area (Å²) in [6.45, 7) is 7.31. The van der Waals surface area contributed by atoms with Crippen molar-refractivity contribution in [1.82, 2.24) is 14.8 Å². The Hall–Kier alpha value is -0.650. The molecule has 1 aromatic rings. The molecule has 1 heterocycles. The predicted molar refractivity (Wildman–Crippen MR) is 66.4 cm³/mol. The maximum Gasteiger partial charge on any atom is 0.225 e. The first-order valence-electron chi connectivity index (χ1n) is 5.51. The van der Waals surface area contributed by atoms with Gasteiger partial charge in [-0.05, 0) is 11.6 Å². The van der Waals surface area contributed by atoms with Crippen LogP contribution in [0.25, 0.3) is 0 Å². The number of methoxy groups -OCH3 is 2. The Morgan fingerprint density at radius 1 is 1.29 bits per heavy atom. The number of hydrogen-bond donors (Lipinski definition) is 0. The zero-order valence-corrected chi connectivity index (χ0v) is 11.8. The molecular weight excluding hydrogens is 242 g/mol. The van der Waals surface area contributed by atoms with Crippen LogP contribution >= 0.6 is 11.6 Å². The molecule has 0 fully saturated rings. The van der Waals surface area contributed by atoms with Crippen molar-refractivity contribution in [1.29, 1.82) is 0 Å². The second-order valence-corrected chi connectivity index (χ2v) is 5.30. The Morgan fingerprint density at radius 3 is 2.41 bits per heavy atom. The van der Waals surface area contributed by atoms with E-state index < -0.39 is 0 Å². The zero-order valence-electron chi connectivity index (χ0n) is 11.0. The lowest BCUT2D eigenvalue weighted by molar-refractivity contribution is 0.0175. The minimum Gasteiger partial charge on any atom is -0.382 e. The summed E-state index contributed by atoms with van der Waals surface area (Å²) in [7, 11) is 3.29. The first kappa shape index (κ1) is 14.4. The Morgan fingerprint density at radius 2 is 1.94 bits per heavy atom. The first-order valence-corrected chi connectivity index (χ1v) is 5.88. The maximum absolute atomic E-state index is 6.05. The van der Waals surface area contributed by atoms with Gasteiger partial charge in [0.15, 0.2) is 0 Å². The summed E-state index contributed by atoms with van der Waals surface area (Å²) in [6, 6.07) is 0. The molecule has 17 heavy (non-hydrogen) atoms. The van der Waals surface area contributed by atoms with Crippen molar-refractivity contribution in [3.05, 3.63) is 11.1 Å². The number of aromatic nitrogens is 3. The third-order valence-electron chi connectivity index (χ3n) is 2.45. The Balaban J connectivity index is 2.93. The lowest BCUT2D eigenvalue weighted by Gasteiger charge is -2.22. The van der Waals surface area contributed by atoms with Crippen LogP contribution < -0.4 is 0 Å². The van der Waals surface area contributed by atoms with Gasteiger partial charge in [0.2, 0.25) is 5.28 Å². The fourth-order valence-corrected chi connectivity index (χ4v) is 1.77. The molecule has 0 N–H and O–H groups in total. The molecule has 0 aliphatic carbocycles. The van der Waals surface area contributed by atoms with E-state index in [-0.39, 0.29) is 11.5 Å². The number of halogens is 1. The van der Waals surface area contributed by atoms with Crippen LogP contribution in [0.1, 0.15) is 26.6 Å². The third kappa shape index (κ3) is 3.66. The molecule has 0 amide bonds. The van der Waals surface area contributed by atoms with E-state index in [4.69, 9.17) is 21.1 Å². The number of nitrogens with zero attached hydrogens (tertiary/aromatic N) is 3. The molecule has 6 heteroatoms. The third-order valence-corrected chi connectivity index (χ3v) is 2.73. The minimum atomic E-state index is -0.106. The minimum absolute atomic E-state index is 0.0606. The number of hydrogen-bond acceptors (Lipinski definition) is 4. The van der Waals surface area contributed by atoms with Crippen molar-refractivity contribution >= 4 is 11.6 Å². The van der Waals surface area contributed by atoms with Crippen molar-refractivity contribution in [3.8, 4) is 0 Å². The summed E-state index contributed by atoms with van der Waals surface area (Å²) in [5.41, 5.74) is -0.106. The van der Waals surface area contributed by atoms with Crippen LogP contribution in [0.3, 0.4) is 0 Å². The predicted octanol–water partition coefficient (Wildman–Crippen LogP) is 1.89. The molecule has 1 unspecified atom stereocenters. The van der Waals surface area contributed by atoms with E-state index in [1.165, 1.54) is 0 Å². The summed E-state index contributed by atoms with van der Waals surface area (Å²) in [5, 5.41) is 8.41. The van der Waals surface area contributed by atoms with E-state index >= 15 is 0 Å². The molecule has 0 aliphatic heterocycles. The molecule has 5 nitrogen and oxygen atoms in total. The molecule has 0 aromatic carbocycles. The lowest BCUT2D eigenvalue weighted by atomic mass is 9.95. The molecule has 0 spiro atoms. The molecule has 0 aliphatic rings. The highest BCUT2D eigenvalue weighted by molar-refractivity contribution is 6.28. The van der Waals surface area contributed by atoms with Gasteiger partial charge in [-0.15, -0.1) is 10.2 Å². The van der Waals surface area contributed by atoms with Gasteiger partial charge in [0.1, 0.15) is 5.82 Å². The van der Waals surface area contributed by atoms with Crippen molar-refractivity contribution in [2.45, 2.75) is 38.8 Å². The molecule has 0 saturated carbocycles. The topological polar surface area (TPSA) is 49.2 Å². The molecule has 0 saturated heterocycles. The summed E-state index contributed by atoms with van der Waals surface area (Å²) in [6.07, 6.45) is -0.0606. The van der Waals surface area contributed by atoms with E-state index in [0.29, 0.717) is 18.4 Å². The van der Waals surface area contributed by atoms with Crippen molar-refractivity contribution in [2.24, 2.45) is 0 Å². The second kappa shape index (κ2) is 5.80. The van der Waals surface area contributed by atoms with Crippen LogP contribution in [0.15, 0.2) is 0 Å². The molecule has 0 bridgehead atoms. The van der Waals surface area contributed by atoms with E-state index in [1.54, 1.807) is 14.2 Å². The van der Waals surface area contributed by atoms with Crippen LogP contribution in [-0.2, 0) is 21.4 Å². The summed E-state index contributed by atoms with van der Waals surface area (Å²) in [4.78, 5) is 0. The van der Waals surface area contributed by atoms with Crippen LogP contribution in [0.4, 0.5) is 0 Å². The van der Waals surface area contributed by atoms with Crippen LogP contribution in [-0.4, -0.2) is 41.7 Å². The second-order valence-electron chi connectivity index (χ2n) is 4.97. The van der Waals surface area contributed by atoms with Crippen molar-refractivity contribution in [2.75, 3.05) is 20.8 Å². The van der Waals surface area contributed by atoms with Gasteiger partial charge in [-0.1, -0.05) is 20.8 Å². The van der Waals surface area contributed by atoms with Gasteiger partial charge in [0, 0.05) is 19.6 Å². The highest BCUT2D eigenvalue weighted by Crippen LogP contribution is 2.23. The van der Waals surface area contributed by atoms with Gasteiger partial charge in [-0.3, -0.25) is 4.57 Å². The Bertz CT molecular complexity index is 360. The highest BCUT2D eigenvalue weighted by Gasteiger charge is 2.24. The van der Waals surface area contributed by atoms with Gasteiger partial charge in [0.05, 0.1) is 19.3 Å². The van der Waals surface area contributed by atoms with E-state index in [2.05, 4.69) is 31.0 Å². The van der Waals surface area contributed by atoms with E-state index in [9.17, 15) is 0 Å². The lowest BCUT2D eigenvalue weighted by Crippen LogP contribution is -2.28. The zero-order chi connectivity index (χ0) is 13.1. The number of rotatable bonds is 5. The van der Waals surface area contributed by atoms with Crippen molar-refractivity contribution in [3.63, 3.8) is 0 Å². The summed E-state index contributed by atoms with van der Waals surface area (Å²) in [5.74, 6) is 0.848. The van der Waals surface area contributed by atoms with Gasteiger partial charge >= 0.3 is 0 Å². The Labute approximate surface area is 107 Å². The van der Waals surface area contributed by atoms with Gasteiger partial charge in [0.25, 0.3) is 0 Å². The maximum atomic E-state index is 6.05. The molecule has 1 aromatic heterocycles. The molecule has 1 atom stereocenters. The molecule has 1 rings (SSSR count). The molecule has 98 valence electrons. The molecular formula is C11H20ClN3O2. The highest BCUT2D eigenvalue weighted by atomic mass is 35.5. The van der Waals surface area contributed by atoms with Gasteiger partial charge in [-0.2, -0.15) is 0 Å². The van der Waals surface area contributed by atoms with Crippen LogP contribution in [0, 0.1) is 0 Å². The number of ether oxygens (including phenoxy) is 2. The van der Waals surface area contributed by atoms with Crippen LogP contribution in [0.2, 0.25) is 5.28 Å². The SMILES string of the molecule is COCC(Cn1c(Cl)nnc1C(C)(C)C)OC. The quantitative estimate of drug-likeness (QED) is 0.812. The summed E-state index contributed by atoms with van der Waals surface area (Å²) < 4.78 is 12.3. The fourth-order valence-electron chi connectivity index (χ4n) is 1.59. The smallest absolute Gasteiger partial charge is 0.225 e. The fraction of sp³-hybridized carbons (Fsp3) is 0.818. The first-order chi connectivity index (χ1) is 7.90. The average molecular weight is 262 g/mol. The van der Waals surface area contributed by atoms with E-state index in [0.717, 1.165) is 5.82 Å². The monoisotopic (exact) mass is 261 g/mol. The van der Waals surface area contributed by atoms with Crippen LogP contribution in [0.5, 0.6) is 0 Å². The standard InChI is InChI=1S/C11H20ClN3O2/c1-11(2,3)9-13-14-10(12)15(9)6-8(17-5)7-16-4/h8H,6-7H2,1-5H3. The Kier molecular flexibility index (Phi) is 4.91. The normalized spacial score (nSPS) is 14.0.